The van der Waals surface area contributed by atoms with Crippen molar-refractivity contribution in [2.24, 2.45) is 16.1 Å². The molecular formula is C21H20N4O3S. The molecule has 29 heavy (non-hydrogen) atoms. The molecule has 0 aliphatic carbocycles. The first-order valence-electron chi connectivity index (χ1n) is 8.99. The highest BCUT2D eigenvalue weighted by Crippen LogP contribution is 2.12. The van der Waals surface area contributed by atoms with Gasteiger partial charge in [-0.25, -0.2) is 0 Å². The normalized spacial score (nSPS) is 16.8. The largest absolute Gasteiger partial charge is 0.383 e. The van der Waals surface area contributed by atoms with Gasteiger partial charge in [-0.3, -0.25) is 14.5 Å². The number of amides is 2. The minimum Gasteiger partial charge on any atom is -0.383 e. The summed E-state index contributed by atoms with van der Waals surface area (Å²) in [6.45, 7) is 0.553. The first kappa shape index (κ1) is 20.5. The van der Waals surface area contributed by atoms with Crippen LogP contribution >= 0.6 is 12.2 Å². The average Bonchev–Trinajstić information content (AvgIpc) is 2.74. The maximum atomic E-state index is 12.7. The minimum absolute atomic E-state index is 0.0689. The van der Waals surface area contributed by atoms with Crippen LogP contribution in [0.3, 0.4) is 0 Å². The van der Waals surface area contributed by atoms with E-state index in [-0.39, 0.29) is 11.7 Å². The van der Waals surface area contributed by atoms with Gasteiger partial charge in [-0.15, -0.1) is 0 Å². The molecule has 2 aromatic carbocycles. The summed E-state index contributed by atoms with van der Waals surface area (Å²) >= 11 is 5.08. The van der Waals surface area contributed by atoms with E-state index >= 15 is 0 Å². The lowest BCUT2D eigenvalue weighted by atomic mass is 10.0. The number of carbonyl (C=O) groups is 2. The molecule has 0 saturated carbocycles. The zero-order chi connectivity index (χ0) is 20.6. The van der Waals surface area contributed by atoms with Crippen molar-refractivity contribution >= 4 is 41.1 Å². The zero-order valence-corrected chi connectivity index (χ0v) is 16.6. The molecule has 0 bridgehead atoms. The summed E-state index contributed by atoms with van der Waals surface area (Å²) in [5.74, 6) is -2.07. The van der Waals surface area contributed by atoms with Crippen molar-refractivity contribution in [3.63, 3.8) is 0 Å². The molecule has 0 radical (unpaired) electrons. The maximum Gasteiger partial charge on any atom is 0.246 e. The van der Waals surface area contributed by atoms with Crippen LogP contribution in [0, 0.1) is 5.92 Å². The van der Waals surface area contributed by atoms with Gasteiger partial charge in [0.1, 0.15) is 5.71 Å². The molecule has 148 valence electrons. The monoisotopic (exact) mass is 408 g/mol. The van der Waals surface area contributed by atoms with E-state index in [1.807, 2.05) is 60.7 Å². The van der Waals surface area contributed by atoms with Gasteiger partial charge in [0.15, 0.2) is 11.0 Å². The van der Waals surface area contributed by atoms with E-state index in [2.05, 4.69) is 15.5 Å². The second kappa shape index (κ2) is 9.81. The third-order valence-electron chi connectivity index (χ3n) is 4.28. The Balaban J connectivity index is 1.87. The third kappa shape index (κ3) is 4.98. The Morgan fingerprint density at radius 2 is 1.69 bits per heavy atom. The van der Waals surface area contributed by atoms with Gasteiger partial charge in [0, 0.05) is 24.5 Å². The van der Waals surface area contributed by atoms with E-state index in [0.29, 0.717) is 12.3 Å². The highest BCUT2D eigenvalue weighted by atomic mass is 32.1. The summed E-state index contributed by atoms with van der Waals surface area (Å²) in [6, 6.07) is 19.1. The number of rotatable bonds is 7. The van der Waals surface area contributed by atoms with Gasteiger partial charge in [-0.1, -0.05) is 60.7 Å². The first-order valence-corrected chi connectivity index (χ1v) is 9.39. The Labute approximate surface area is 174 Å². The minimum atomic E-state index is -1.10. The average molecular weight is 408 g/mol. The van der Waals surface area contributed by atoms with Gasteiger partial charge in [-0.2, -0.15) is 10.2 Å². The Morgan fingerprint density at radius 1 is 1.10 bits per heavy atom. The predicted molar refractivity (Wildman–Crippen MR) is 115 cm³/mol. The molecule has 1 fully saturated rings. The molecule has 3 rings (SSSR count). The number of methoxy groups -OCH3 is 1. The molecule has 1 atom stereocenters. The number of ether oxygens (including phenoxy) is 1. The molecule has 1 N–H and O–H groups in total. The fourth-order valence-corrected chi connectivity index (χ4v) is 3.07. The molecule has 0 aromatic heterocycles. The first-order chi connectivity index (χ1) is 14.1. The van der Waals surface area contributed by atoms with Crippen molar-refractivity contribution in [3.8, 4) is 0 Å². The van der Waals surface area contributed by atoms with E-state index in [0.717, 1.165) is 11.1 Å². The maximum absolute atomic E-state index is 12.7. The van der Waals surface area contributed by atoms with Crippen LogP contribution in [0.15, 0.2) is 70.9 Å². The third-order valence-corrected chi connectivity index (χ3v) is 4.60. The quantitative estimate of drug-likeness (QED) is 0.329. The molecule has 1 unspecified atom stereocenters. The van der Waals surface area contributed by atoms with Crippen LogP contribution in [-0.2, 0) is 14.3 Å². The molecule has 0 spiro atoms. The number of hydrogen-bond acceptors (Lipinski definition) is 6. The summed E-state index contributed by atoms with van der Waals surface area (Å²) < 4.78 is 4.99. The highest BCUT2D eigenvalue weighted by Gasteiger charge is 2.37. The number of nitrogens with zero attached hydrogens (tertiary/aromatic N) is 3. The van der Waals surface area contributed by atoms with Crippen molar-refractivity contribution < 1.29 is 14.3 Å². The number of carbonyl (C=O) groups excluding carboxylic acids is 2. The molecule has 1 heterocycles. The van der Waals surface area contributed by atoms with Crippen LogP contribution in [0.25, 0.3) is 0 Å². The van der Waals surface area contributed by atoms with E-state index in [4.69, 9.17) is 17.0 Å². The summed E-state index contributed by atoms with van der Waals surface area (Å²) in [5, 5.41) is 11.0. The molecule has 7 nitrogen and oxygen atoms in total. The molecular weight excluding hydrogens is 388 g/mol. The summed E-state index contributed by atoms with van der Waals surface area (Å²) in [7, 11) is 1.53. The fraction of sp³-hybridized carbons (Fsp3) is 0.190. The number of hydrogen-bond donors (Lipinski definition) is 1. The zero-order valence-electron chi connectivity index (χ0n) is 15.8. The van der Waals surface area contributed by atoms with Crippen molar-refractivity contribution in [1.29, 1.82) is 0 Å². The highest BCUT2D eigenvalue weighted by molar-refractivity contribution is 7.80. The lowest BCUT2D eigenvalue weighted by Gasteiger charge is -2.30. The summed E-state index contributed by atoms with van der Waals surface area (Å²) in [5.41, 5.74) is 2.38. The van der Waals surface area contributed by atoms with Crippen LogP contribution in [0.1, 0.15) is 11.1 Å². The van der Waals surface area contributed by atoms with E-state index in [1.165, 1.54) is 18.2 Å². The Bertz CT molecular complexity index is 903. The van der Waals surface area contributed by atoms with E-state index in [9.17, 15) is 9.59 Å². The predicted octanol–water partition coefficient (Wildman–Crippen LogP) is 2.02. The standard InChI is InChI=1S/C21H20N4O3S/c1-28-13-12-25-20(27)17(19(26)23-21(25)29)14-22-24-18(15-8-4-2-5-9-15)16-10-6-3-7-11-16/h2-11,14,17H,12-13H2,1H3,(H,23,26,29)/b22-14+. The van der Waals surface area contributed by atoms with Crippen molar-refractivity contribution in [3.05, 3.63) is 71.8 Å². The SMILES string of the molecule is COCCN1C(=O)C(/C=N/N=C(c2ccccc2)c2ccccc2)C(=O)NC1=S. The molecule has 1 aliphatic rings. The van der Waals surface area contributed by atoms with Crippen LogP contribution in [0.4, 0.5) is 0 Å². The van der Waals surface area contributed by atoms with Gasteiger partial charge in [-0.05, 0) is 12.2 Å². The van der Waals surface area contributed by atoms with Crippen LogP contribution in [-0.4, -0.2) is 54.0 Å². The van der Waals surface area contributed by atoms with Gasteiger partial charge >= 0.3 is 0 Å². The van der Waals surface area contributed by atoms with Crippen molar-refractivity contribution in [2.75, 3.05) is 20.3 Å². The van der Waals surface area contributed by atoms with E-state index in [1.54, 1.807) is 0 Å². The summed E-state index contributed by atoms with van der Waals surface area (Å²) in [4.78, 5) is 26.2. The lowest BCUT2D eigenvalue weighted by Crippen LogP contribution is -2.58. The second-order valence-electron chi connectivity index (χ2n) is 6.20. The molecule has 1 aliphatic heterocycles. The van der Waals surface area contributed by atoms with Crippen LogP contribution in [0.5, 0.6) is 0 Å². The van der Waals surface area contributed by atoms with Gasteiger partial charge in [0.2, 0.25) is 11.8 Å². The van der Waals surface area contributed by atoms with Gasteiger partial charge in [0.25, 0.3) is 0 Å². The molecule has 2 aromatic rings. The van der Waals surface area contributed by atoms with Crippen LogP contribution in [0.2, 0.25) is 0 Å². The number of nitrogens with one attached hydrogen (secondary N) is 1. The molecule has 8 heteroatoms. The fourth-order valence-electron chi connectivity index (χ4n) is 2.79. The number of benzene rings is 2. The van der Waals surface area contributed by atoms with Gasteiger partial charge < -0.3 is 10.1 Å². The van der Waals surface area contributed by atoms with Gasteiger partial charge in [0.05, 0.1) is 13.2 Å². The Hall–Kier alpha value is -3.23. The molecule has 2 amide bonds. The topological polar surface area (TPSA) is 83.4 Å². The smallest absolute Gasteiger partial charge is 0.246 e. The Kier molecular flexibility index (Phi) is 6.94. The number of thiocarbonyl (C=S) groups is 1. The van der Waals surface area contributed by atoms with E-state index < -0.39 is 17.7 Å². The second-order valence-corrected chi connectivity index (χ2v) is 6.59. The Morgan fingerprint density at radius 3 is 2.24 bits per heavy atom. The van der Waals surface area contributed by atoms with Crippen LogP contribution < -0.4 is 5.32 Å². The van der Waals surface area contributed by atoms with Crippen molar-refractivity contribution in [2.45, 2.75) is 0 Å². The van der Waals surface area contributed by atoms with Crippen molar-refractivity contribution in [1.82, 2.24) is 10.2 Å². The molecule has 1 saturated heterocycles. The lowest BCUT2D eigenvalue weighted by molar-refractivity contribution is -0.138. The summed E-state index contributed by atoms with van der Waals surface area (Å²) in [6.07, 6.45) is 1.24.